The smallest absolute Gasteiger partial charge is 0.132 e. The lowest BCUT2D eigenvalue weighted by Gasteiger charge is -2.17. The summed E-state index contributed by atoms with van der Waals surface area (Å²) < 4.78 is 4.20. The Morgan fingerprint density at radius 2 is 2.06 bits per heavy atom. The minimum absolute atomic E-state index is 0.619. The third kappa shape index (κ3) is 2.29. The fraction of sp³-hybridized carbons (Fsp3) is 0.231. The molecular weight excluding hydrogens is 244 g/mol. The normalized spacial score (nSPS) is 9.89. The highest BCUT2D eigenvalue weighted by molar-refractivity contribution is 7.10. The molecule has 0 fully saturated rings. The van der Waals surface area contributed by atoms with Gasteiger partial charge < -0.3 is 10.2 Å². The summed E-state index contributed by atoms with van der Waals surface area (Å²) in [6, 6.07) is 10.2. The summed E-state index contributed by atoms with van der Waals surface area (Å²) in [7, 11) is 3.98. The minimum atomic E-state index is 0.619. The molecule has 0 atom stereocenters. The van der Waals surface area contributed by atoms with E-state index in [9.17, 15) is 0 Å². The Hall–Kier alpha value is -2.06. The van der Waals surface area contributed by atoms with E-state index < -0.39 is 0 Å². The van der Waals surface area contributed by atoms with Gasteiger partial charge in [0.1, 0.15) is 16.6 Å². The van der Waals surface area contributed by atoms with Gasteiger partial charge >= 0.3 is 0 Å². The molecule has 1 aromatic carbocycles. The van der Waals surface area contributed by atoms with Gasteiger partial charge in [0.25, 0.3) is 0 Å². The van der Waals surface area contributed by atoms with Crippen molar-refractivity contribution in [3.8, 4) is 6.07 Å². The first-order valence-electron chi connectivity index (χ1n) is 5.53. The molecule has 18 heavy (non-hydrogen) atoms. The van der Waals surface area contributed by atoms with E-state index in [2.05, 4.69) is 15.8 Å². The van der Waals surface area contributed by atoms with E-state index in [1.54, 1.807) is 0 Å². The van der Waals surface area contributed by atoms with Crippen LogP contribution in [0.2, 0.25) is 0 Å². The molecule has 1 heterocycles. The number of nitriles is 1. The Kier molecular flexibility index (Phi) is 3.49. The van der Waals surface area contributed by atoms with Crippen molar-refractivity contribution in [1.29, 1.82) is 5.26 Å². The van der Waals surface area contributed by atoms with Gasteiger partial charge in [-0.1, -0.05) is 12.1 Å². The van der Waals surface area contributed by atoms with Crippen LogP contribution in [0.25, 0.3) is 0 Å². The highest BCUT2D eigenvalue weighted by Crippen LogP contribution is 2.31. The van der Waals surface area contributed by atoms with E-state index in [0.29, 0.717) is 5.56 Å². The van der Waals surface area contributed by atoms with Crippen molar-refractivity contribution in [2.45, 2.75) is 6.92 Å². The Morgan fingerprint density at radius 1 is 1.33 bits per heavy atom. The Bertz CT molecular complexity index is 595. The van der Waals surface area contributed by atoms with Crippen LogP contribution in [-0.4, -0.2) is 18.5 Å². The van der Waals surface area contributed by atoms with Crippen molar-refractivity contribution in [2.75, 3.05) is 24.3 Å². The second kappa shape index (κ2) is 5.07. The van der Waals surface area contributed by atoms with Crippen molar-refractivity contribution in [3.63, 3.8) is 0 Å². The van der Waals surface area contributed by atoms with Gasteiger partial charge in [-0.3, -0.25) is 0 Å². The van der Waals surface area contributed by atoms with Crippen LogP contribution < -0.4 is 10.2 Å². The molecule has 5 heteroatoms. The van der Waals surface area contributed by atoms with E-state index >= 15 is 0 Å². The number of anilines is 3. The molecule has 0 saturated carbocycles. The number of benzene rings is 1. The van der Waals surface area contributed by atoms with Gasteiger partial charge in [-0.25, -0.2) is 0 Å². The van der Waals surface area contributed by atoms with Crippen molar-refractivity contribution in [1.82, 2.24) is 4.37 Å². The number of hydrogen-bond donors (Lipinski definition) is 1. The van der Waals surface area contributed by atoms with Crippen LogP contribution in [0.3, 0.4) is 0 Å². The highest BCUT2D eigenvalue weighted by atomic mass is 32.1. The van der Waals surface area contributed by atoms with Gasteiger partial charge in [-0.05, 0) is 30.6 Å². The second-order valence-electron chi connectivity index (χ2n) is 4.12. The molecule has 0 aliphatic carbocycles. The average molecular weight is 258 g/mol. The van der Waals surface area contributed by atoms with Crippen molar-refractivity contribution < 1.29 is 0 Å². The summed E-state index contributed by atoms with van der Waals surface area (Å²) in [5.74, 6) is 0. The lowest BCUT2D eigenvalue weighted by Crippen LogP contribution is -2.10. The third-order valence-corrected chi connectivity index (χ3v) is 3.46. The van der Waals surface area contributed by atoms with Crippen molar-refractivity contribution in [3.05, 3.63) is 35.5 Å². The molecule has 0 aliphatic heterocycles. The number of para-hydroxylation sites is 2. The molecule has 1 aromatic heterocycles. The van der Waals surface area contributed by atoms with Crippen LogP contribution in [0.5, 0.6) is 0 Å². The zero-order valence-corrected chi connectivity index (χ0v) is 11.4. The lowest BCUT2D eigenvalue weighted by molar-refractivity contribution is 1.13. The predicted molar refractivity (Wildman–Crippen MR) is 75.6 cm³/mol. The Labute approximate surface area is 111 Å². The number of aryl methyl sites for hydroxylation is 1. The van der Waals surface area contributed by atoms with Gasteiger partial charge in [0.2, 0.25) is 0 Å². The maximum Gasteiger partial charge on any atom is 0.132 e. The van der Waals surface area contributed by atoms with E-state index in [1.807, 2.05) is 50.2 Å². The van der Waals surface area contributed by atoms with Gasteiger partial charge in [-0.2, -0.15) is 9.64 Å². The summed E-state index contributed by atoms with van der Waals surface area (Å²) in [6.45, 7) is 1.85. The first-order valence-corrected chi connectivity index (χ1v) is 6.30. The van der Waals surface area contributed by atoms with E-state index in [4.69, 9.17) is 5.26 Å². The second-order valence-corrected chi connectivity index (χ2v) is 4.89. The molecule has 0 bridgehead atoms. The number of nitrogens with zero attached hydrogens (tertiary/aromatic N) is 3. The van der Waals surface area contributed by atoms with Gasteiger partial charge in [-0.15, -0.1) is 0 Å². The Morgan fingerprint density at radius 3 is 2.72 bits per heavy atom. The summed E-state index contributed by atoms with van der Waals surface area (Å²) in [5.41, 5.74) is 3.44. The summed E-state index contributed by atoms with van der Waals surface area (Å²) in [5, 5.41) is 13.2. The predicted octanol–water partition coefficient (Wildman–Crippen LogP) is 3.13. The van der Waals surface area contributed by atoms with Crippen LogP contribution in [0.15, 0.2) is 24.3 Å². The monoisotopic (exact) mass is 258 g/mol. The maximum absolute atomic E-state index is 9.11. The summed E-state index contributed by atoms with van der Waals surface area (Å²) >= 11 is 1.31. The Balaban J connectivity index is 2.38. The highest BCUT2D eigenvalue weighted by Gasteiger charge is 2.12. The summed E-state index contributed by atoms with van der Waals surface area (Å²) in [4.78, 5) is 2.03. The first-order chi connectivity index (χ1) is 8.63. The molecule has 4 nitrogen and oxygen atoms in total. The molecule has 0 spiro atoms. The van der Waals surface area contributed by atoms with Crippen molar-refractivity contribution in [2.24, 2.45) is 0 Å². The molecule has 0 radical (unpaired) electrons. The lowest BCUT2D eigenvalue weighted by atomic mass is 10.2. The van der Waals surface area contributed by atoms with Crippen molar-refractivity contribution >= 4 is 27.9 Å². The SMILES string of the molecule is Cc1nsc(Nc2ccccc2N(C)C)c1C#N. The van der Waals surface area contributed by atoms with Crippen LogP contribution in [-0.2, 0) is 0 Å². The largest absolute Gasteiger partial charge is 0.376 e. The van der Waals surface area contributed by atoms with E-state index in [0.717, 1.165) is 22.1 Å². The fourth-order valence-corrected chi connectivity index (χ4v) is 2.44. The number of hydrogen-bond acceptors (Lipinski definition) is 5. The number of rotatable bonds is 3. The van der Waals surface area contributed by atoms with Crippen LogP contribution in [0.4, 0.5) is 16.4 Å². The van der Waals surface area contributed by atoms with E-state index in [1.165, 1.54) is 11.5 Å². The van der Waals surface area contributed by atoms with Crippen LogP contribution in [0, 0.1) is 18.3 Å². The van der Waals surface area contributed by atoms with Gasteiger partial charge in [0.05, 0.1) is 17.1 Å². The van der Waals surface area contributed by atoms with E-state index in [-0.39, 0.29) is 0 Å². The minimum Gasteiger partial charge on any atom is -0.376 e. The molecular formula is C13H14N4S. The topological polar surface area (TPSA) is 52.0 Å². The zero-order valence-electron chi connectivity index (χ0n) is 10.6. The fourth-order valence-electron chi connectivity index (χ4n) is 1.68. The molecule has 2 rings (SSSR count). The summed E-state index contributed by atoms with van der Waals surface area (Å²) in [6.07, 6.45) is 0. The maximum atomic E-state index is 9.11. The third-order valence-electron chi connectivity index (χ3n) is 2.61. The molecule has 92 valence electrons. The molecule has 0 aliphatic rings. The molecule has 0 amide bonds. The van der Waals surface area contributed by atoms with Gasteiger partial charge in [0, 0.05) is 14.1 Å². The average Bonchev–Trinajstić information content (AvgIpc) is 2.70. The molecule has 1 N–H and O–H groups in total. The van der Waals surface area contributed by atoms with Gasteiger partial charge in [0.15, 0.2) is 0 Å². The number of nitrogens with one attached hydrogen (secondary N) is 1. The van der Waals surface area contributed by atoms with Crippen LogP contribution >= 0.6 is 11.5 Å². The molecule has 0 unspecified atom stereocenters. The number of aromatic nitrogens is 1. The standard InChI is InChI=1S/C13H14N4S/c1-9-10(8-14)13(18-16-9)15-11-6-4-5-7-12(11)17(2)3/h4-7,15H,1-3H3. The first kappa shape index (κ1) is 12.4. The molecule has 0 saturated heterocycles. The quantitative estimate of drug-likeness (QED) is 0.919. The molecule has 2 aromatic rings. The van der Waals surface area contributed by atoms with Crippen LogP contribution in [0.1, 0.15) is 11.3 Å². The zero-order chi connectivity index (χ0) is 13.1.